The van der Waals surface area contributed by atoms with Crippen molar-refractivity contribution >= 4 is 12.0 Å². The molecule has 0 radical (unpaired) electrons. The average Bonchev–Trinajstić information content (AvgIpc) is 2.29. The normalized spacial score (nSPS) is 16.9. The van der Waals surface area contributed by atoms with Crippen LogP contribution in [0.4, 0.5) is 4.79 Å². The average molecular weight is 226 g/mol. The van der Waals surface area contributed by atoms with Crippen molar-refractivity contribution in [3.63, 3.8) is 0 Å². The van der Waals surface area contributed by atoms with Gasteiger partial charge < -0.3 is 15.3 Å². The number of nitrogens with one attached hydrogen (secondary N) is 1. The number of carboxylic acid groups (broad SMARTS) is 1. The fraction of sp³-hybridized carbons (Fsp3) is 0.636. The molecular weight excluding hydrogens is 208 g/mol. The first-order valence-electron chi connectivity index (χ1n) is 5.52. The Labute approximate surface area is 95.1 Å². The highest BCUT2D eigenvalue weighted by Gasteiger charge is 2.14. The van der Waals surface area contributed by atoms with Crippen molar-refractivity contribution in [1.82, 2.24) is 10.2 Å². The lowest BCUT2D eigenvalue weighted by Crippen LogP contribution is -2.42. The summed E-state index contributed by atoms with van der Waals surface area (Å²) in [6.07, 6.45) is 5.36. The summed E-state index contributed by atoms with van der Waals surface area (Å²) in [5.74, 6) is -1.24. The van der Waals surface area contributed by atoms with E-state index in [0.29, 0.717) is 19.5 Å². The van der Waals surface area contributed by atoms with Gasteiger partial charge in [0.05, 0.1) is 5.92 Å². The zero-order valence-corrected chi connectivity index (χ0v) is 9.48. The van der Waals surface area contributed by atoms with E-state index in [9.17, 15) is 9.59 Å². The highest BCUT2D eigenvalue weighted by atomic mass is 16.4. The molecule has 1 heterocycles. The molecule has 0 aromatic carbocycles. The Bertz CT molecular complexity index is 289. The van der Waals surface area contributed by atoms with Gasteiger partial charge in [0.1, 0.15) is 0 Å². The lowest BCUT2D eigenvalue weighted by molar-refractivity contribution is -0.141. The predicted molar refractivity (Wildman–Crippen MR) is 60.1 cm³/mol. The second kappa shape index (κ2) is 6.15. The van der Waals surface area contributed by atoms with Crippen molar-refractivity contribution in [3.05, 3.63) is 12.2 Å². The molecule has 0 aromatic heterocycles. The number of carboxylic acids is 1. The van der Waals surface area contributed by atoms with Gasteiger partial charge in [0.2, 0.25) is 0 Å². The molecule has 0 saturated heterocycles. The van der Waals surface area contributed by atoms with E-state index in [0.717, 1.165) is 13.0 Å². The Morgan fingerprint density at radius 3 is 2.81 bits per heavy atom. The fourth-order valence-electron chi connectivity index (χ4n) is 1.46. The maximum Gasteiger partial charge on any atom is 0.317 e. The molecule has 90 valence electrons. The van der Waals surface area contributed by atoms with E-state index in [1.165, 1.54) is 0 Å². The molecule has 0 bridgehead atoms. The lowest BCUT2D eigenvalue weighted by Gasteiger charge is -2.23. The number of carbonyl (C=O) groups excluding carboxylic acids is 1. The minimum atomic E-state index is -0.824. The molecule has 0 fully saturated rings. The lowest BCUT2D eigenvalue weighted by atomic mass is 10.1. The van der Waals surface area contributed by atoms with Gasteiger partial charge in [-0.2, -0.15) is 0 Å². The zero-order chi connectivity index (χ0) is 12.0. The zero-order valence-electron chi connectivity index (χ0n) is 9.48. The Balaban J connectivity index is 2.19. The van der Waals surface area contributed by atoms with Gasteiger partial charge in [0, 0.05) is 19.6 Å². The van der Waals surface area contributed by atoms with E-state index in [-0.39, 0.29) is 6.03 Å². The van der Waals surface area contributed by atoms with Crippen molar-refractivity contribution in [1.29, 1.82) is 0 Å². The highest BCUT2D eigenvalue weighted by molar-refractivity contribution is 5.74. The monoisotopic (exact) mass is 226 g/mol. The number of amides is 2. The van der Waals surface area contributed by atoms with Gasteiger partial charge in [0.15, 0.2) is 0 Å². The summed E-state index contributed by atoms with van der Waals surface area (Å²) in [5.41, 5.74) is 0. The number of nitrogens with zero attached hydrogens (tertiary/aromatic N) is 1. The minimum Gasteiger partial charge on any atom is -0.481 e. The van der Waals surface area contributed by atoms with Crippen molar-refractivity contribution in [2.75, 3.05) is 19.6 Å². The number of rotatable bonds is 4. The molecule has 0 aliphatic carbocycles. The van der Waals surface area contributed by atoms with Crippen LogP contribution in [0, 0.1) is 5.92 Å². The van der Waals surface area contributed by atoms with Crippen LogP contribution in [-0.4, -0.2) is 41.6 Å². The van der Waals surface area contributed by atoms with Crippen LogP contribution in [0.2, 0.25) is 0 Å². The summed E-state index contributed by atoms with van der Waals surface area (Å²) < 4.78 is 0. The second-order valence-electron chi connectivity index (χ2n) is 3.97. The molecule has 5 nitrogen and oxygen atoms in total. The number of urea groups is 1. The van der Waals surface area contributed by atoms with Crippen LogP contribution in [0.1, 0.15) is 19.8 Å². The highest BCUT2D eigenvalue weighted by Crippen LogP contribution is 2.02. The van der Waals surface area contributed by atoms with Crippen LogP contribution in [0.3, 0.4) is 0 Å². The molecular formula is C11H18N2O3. The summed E-state index contributed by atoms with van der Waals surface area (Å²) in [7, 11) is 0. The van der Waals surface area contributed by atoms with Crippen LogP contribution in [0.25, 0.3) is 0 Å². The van der Waals surface area contributed by atoms with E-state index >= 15 is 0 Å². The summed E-state index contributed by atoms with van der Waals surface area (Å²) >= 11 is 0. The van der Waals surface area contributed by atoms with Crippen molar-refractivity contribution in [3.8, 4) is 0 Å². The Kier molecular flexibility index (Phi) is 4.82. The molecule has 1 aliphatic rings. The molecule has 1 atom stereocenters. The second-order valence-corrected chi connectivity index (χ2v) is 3.97. The van der Waals surface area contributed by atoms with Gasteiger partial charge in [-0.3, -0.25) is 4.79 Å². The van der Waals surface area contributed by atoms with Gasteiger partial charge >= 0.3 is 12.0 Å². The summed E-state index contributed by atoms with van der Waals surface area (Å²) in [6, 6.07) is -0.109. The largest absolute Gasteiger partial charge is 0.481 e. The van der Waals surface area contributed by atoms with Crippen LogP contribution in [-0.2, 0) is 4.79 Å². The third-order valence-corrected chi connectivity index (χ3v) is 2.62. The summed E-state index contributed by atoms with van der Waals surface area (Å²) in [4.78, 5) is 23.8. The van der Waals surface area contributed by atoms with Crippen molar-refractivity contribution in [2.24, 2.45) is 5.92 Å². The first-order valence-corrected chi connectivity index (χ1v) is 5.52. The van der Waals surface area contributed by atoms with E-state index < -0.39 is 11.9 Å². The standard InChI is InChI=1S/C11H18N2O3/c1-9(10(14)15)5-6-12-11(16)13-7-3-2-4-8-13/h2-3,9H,4-8H2,1H3,(H,12,16)(H,14,15). The Morgan fingerprint density at radius 2 is 2.25 bits per heavy atom. The molecule has 0 spiro atoms. The number of aliphatic carboxylic acids is 1. The molecule has 2 amide bonds. The van der Waals surface area contributed by atoms with Gasteiger partial charge in [-0.25, -0.2) is 4.79 Å². The van der Waals surface area contributed by atoms with Crippen molar-refractivity contribution < 1.29 is 14.7 Å². The molecule has 0 saturated carbocycles. The number of hydrogen-bond donors (Lipinski definition) is 2. The first kappa shape index (κ1) is 12.5. The molecule has 2 N–H and O–H groups in total. The molecule has 0 aromatic rings. The molecule has 1 rings (SSSR count). The van der Waals surface area contributed by atoms with Gasteiger partial charge in [0.25, 0.3) is 0 Å². The summed E-state index contributed by atoms with van der Waals surface area (Å²) in [6.45, 7) is 3.42. The van der Waals surface area contributed by atoms with Gasteiger partial charge in [-0.15, -0.1) is 0 Å². The van der Waals surface area contributed by atoms with Gasteiger partial charge in [-0.1, -0.05) is 19.1 Å². The van der Waals surface area contributed by atoms with E-state index in [4.69, 9.17) is 5.11 Å². The van der Waals surface area contributed by atoms with Crippen molar-refractivity contribution in [2.45, 2.75) is 19.8 Å². The minimum absolute atomic E-state index is 0.109. The third-order valence-electron chi connectivity index (χ3n) is 2.62. The smallest absolute Gasteiger partial charge is 0.317 e. The van der Waals surface area contributed by atoms with Gasteiger partial charge in [-0.05, 0) is 12.8 Å². The van der Waals surface area contributed by atoms with E-state index in [2.05, 4.69) is 11.4 Å². The third kappa shape index (κ3) is 3.92. The van der Waals surface area contributed by atoms with E-state index in [1.54, 1.807) is 11.8 Å². The van der Waals surface area contributed by atoms with E-state index in [1.807, 2.05) is 6.08 Å². The van der Waals surface area contributed by atoms with Crippen LogP contribution in [0.5, 0.6) is 0 Å². The van der Waals surface area contributed by atoms with Crippen LogP contribution in [0.15, 0.2) is 12.2 Å². The molecule has 1 aliphatic heterocycles. The maximum atomic E-state index is 11.6. The molecule has 1 unspecified atom stereocenters. The molecule has 16 heavy (non-hydrogen) atoms. The Morgan fingerprint density at radius 1 is 1.50 bits per heavy atom. The van der Waals surface area contributed by atoms with Crippen LogP contribution < -0.4 is 5.32 Å². The Hall–Kier alpha value is -1.52. The topological polar surface area (TPSA) is 69.6 Å². The fourth-order valence-corrected chi connectivity index (χ4v) is 1.46. The number of hydrogen-bond acceptors (Lipinski definition) is 2. The van der Waals surface area contributed by atoms with Crippen LogP contribution >= 0.6 is 0 Å². The summed E-state index contributed by atoms with van der Waals surface area (Å²) in [5, 5.41) is 11.4. The first-order chi connectivity index (χ1) is 7.61. The SMILES string of the molecule is CC(CCNC(=O)N1CC=CCC1)C(=O)O. The maximum absolute atomic E-state index is 11.6. The molecule has 5 heteroatoms. The predicted octanol–water partition coefficient (Wildman–Crippen LogP) is 1.07. The number of carbonyl (C=O) groups is 2. The quantitative estimate of drug-likeness (QED) is 0.704.